The van der Waals surface area contributed by atoms with E-state index in [9.17, 15) is 0 Å². The molecule has 0 aliphatic carbocycles. The summed E-state index contributed by atoms with van der Waals surface area (Å²) in [7, 11) is 0. The summed E-state index contributed by atoms with van der Waals surface area (Å²) in [5.41, 5.74) is 13.1. The van der Waals surface area contributed by atoms with Crippen molar-refractivity contribution in [1.29, 1.82) is 0 Å². The molecule has 6 aromatic rings. The van der Waals surface area contributed by atoms with Gasteiger partial charge < -0.3 is 9.40 Å². The quantitative estimate of drug-likeness (QED) is 0.175. The van der Waals surface area contributed by atoms with Crippen molar-refractivity contribution in [1.82, 2.24) is 15.0 Å². The number of furan rings is 1. The summed E-state index contributed by atoms with van der Waals surface area (Å²) >= 11 is 0. The Hall–Kier alpha value is -3.66. The molecular formula is C34H31IrN3O-2. The van der Waals surface area contributed by atoms with Crippen molar-refractivity contribution in [2.45, 2.75) is 48.0 Å². The average Bonchev–Trinajstić information content (AvgIpc) is 3.40. The molecule has 5 heteroatoms. The van der Waals surface area contributed by atoms with Gasteiger partial charge in [-0.25, -0.2) is 0 Å². The van der Waals surface area contributed by atoms with Crippen LogP contribution in [-0.2, 0) is 26.5 Å². The van der Waals surface area contributed by atoms with Crippen molar-refractivity contribution in [3.63, 3.8) is 0 Å². The first-order valence-corrected chi connectivity index (χ1v) is 12.9. The van der Waals surface area contributed by atoms with Crippen LogP contribution in [0.2, 0.25) is 0 Å². The van der Waals surface area contributed by atoms with Gasteiger partial charge in [0.1, 0.15) is 0 Å². The van der Waals surface area contributed by atoms with Crippen LogP contribution in [0.5, 0.6) is 0 Å². The maximum Gasteiger partial charge on any atom is 0.0847 e. The monoisotopic (exact) mass is 690 g/mol. The van der Waals surface area contributed by atoms with Gasteiger partial charge in [0.05, 0.1) is 5.58 Å². The van der Waals surface area contributed by atoms with Gasteiger partial charge in [-0.3, -0.25) is 9.97 Å². The van der Waals surface area contributed by atoms with E-state index in [0.29, 0.717) is 0 Å². The fourth-order valence-corrected chi connectivity index (χ4v) is 4.36. The molecule has 0 amide bonds. The average molecular weight is 690 g/mol. The molecule has 0 aliphatic rings. The number of nitrogens with zero attached hydrogens (tertiary/aromatic N) is 3. The summed E-state index contributed by atoms with van der Waals surface area (Å²) in [6.45, 7) is 12.6. The molecule has 6 rings (SSSR count). The zero-order valence-electron chi connectivity index (χ0n) is 23.1. The van der Waals surface area contributed by atoms with Gasteiger partial charge in [-0.2, -0.15) is 0 Å². The zero-order chi connectivity index (χ0) is 26.8. The molecule has 0 unspecified atom stereocenters. The van der Waals surface area contributed by atoms with Crippen LogP contribution in [-0.4, -0.2) is 15.0 Å². The van der Waals surface area contributed by atoms with E-state index in [-0.39, 0.29) is 20.1 Å². The van der Waals surface area contributed by atoms with Gasteiger partial charge in [0, 0.05) is 56.2 Å². The van der Waals surface area contributed by atoms with E-state index in [1.54, 1.807) is 6.26 Å². The molecule has 0 saturated heterocycles. The first-order valence-electron chi connectivity index (χ1n) is 12.9. The minimum atomic E-state index is 0. The molecule has 0 fully saturated rings. The van der Waals surface area contributed by atoms with Crippen LogP contribution in [0, 0.1) is 46.8 Å². The van der Waals surface area contributed by atoms with Crippen LogP contribution in [0.15, 0.2) is 71.7 Å². The second-order valence-electron chi connectivity index (χ2n) is 9.84. The predicted octanol–water partition coefficient (Wildman–Crippen LogP) is 8.49. The summed E-state index contributed by atoms with van der Waals surface area (Å²) < 4.78 is 5.59. The van der Waals surface area contributed by atoms with Crippen LogP contribution in [0.25, 0.3) is 44.4 Å². The number of hydrogen-bond acceptors (Lipinski definition) is 4. The van der Waals surface area contributed by atoms with Gasteiger partial charge >= 0.3 is 0 Å². The molecule has 0 aliphatic heterocycles. The largest absolute Gasteiger partial charge is 0.506 e. The Morgan fingerprint density at radius 2 is 1.59 bits per heavy atom. The van der Waals surface area contributed by atoms with Crippen molar-refractivity contribution in [3.8, 4) is 22.5 Å². The fraction of sp³-hybridized carbons (Fsp3) is 0.206. The van der Waals surface area contributed by atoms with E-state index in [4.69, 9.17) is 4.42 Å². The van der Waals surface area contributed by atoms with Crippen LogP contribution < -0.4 is 0 Å². The maximum absolute atomic E-state index is 5.59. The van der Waals surface area contributed by atoms with Gasteiger partial charge in [-0.15, -0.1) is 41.0 Å². The molecule has 4 aromatic heterocycles. The molecule has 1 radical (unpaired) electrons. The Morgan fingerprint density at radius 3 is 2.33 bits per heavy atom. The van der Waals surface area contributed by atoms with Crippen LogP contribution >= 0.6 is 0 Å². The van der Waals surface area contributed by atoms with Gasteiger partial charge in [0.15, 0.2) is 0 Å². The van der Waals surface area contributed by atoms with Crippen LogP contribution in [0.1, 0.15) is 40.3 Å². The van der Waals surface area contributed by atoms with Crippen molar-refractivity contribution in [2.24, 2.45) is 0 Å². The summed E-state index contributed by atoms with van der Waals surface area (Å²) in [6.07, 6.45) is 8.31. The molecule has 2 aromatic carbocycles. The summed E-state index contributed by atoms with van der Waals surface area (Å²) in [5.74, 6) is 0. The van der Waals surface area contributed by atoms with Gasteiger partial charge in [0.25, 0.3) is 0 Å². The third kappa shape index (κ3) is 6.00. The molecule has 0 saturated carbocycles. The van der Waals surface area contributed by atoms with E-state index in [2.05, 4.69) is 86.0 Å². The Kier molecular flexibility index (Phi) is 8.74. The van der Waals surface area contributed by atoms with Crippen LogP contribution in [0.3, 0.4) is 0 Å². The minimum Gasteiger partial charge on any atom is -0.506 e. The molecule has 0 spiro atoms. The van der Waals surface area contributed by atoms with E-state index in [0.717, 1.165) is 56.4 Å². The van der Waals surface area contributed by atoms with Crippen molar-refractivity contribution < 1.29 is 24.5 Å². The molecule has 199 valence electrons. The van der Waals surface area contributed by atoms with Crippen molar-refractivity contribution in [2.75, 3.05) is 0 Å². The third-order valence-corrected chi connectivity index (χ3v) is 7.00. The number of benzene rings is 2. The number of fused-ring (bicyclic) bond motifs is 3. The molecule has 0 bridgehead atoms. The standard InChI is InChI=1S/C19H15N2O.C15H16N.Ir/c1-3-13-4-6-20-17(9-13)15-10-14-5-7-22-19(14)18-16(15)8-12(2)11-21-18;1-10-5-6-14(7-11(10)2)15-8-12(3)13(4)9-16-15;/h4-9,11H,3H2,1-2H3;5,7-9H,1-4H3;/q2*-1;. The number of hydrogen-bond donors (Lipinski definition) is 0. The Bertz CT molecular complexity index is 1720. The SMILES string of the molecule is CCc1ccnc(-c2[c-]c3ccoc3c3ncc(C)cc23)c1.Cc1c[c-]c(-c2cc(C)c(C)cn2)cc1C.[Ir]. The normalized spacial score (nSPS) is 10.7. The van der Waals surface area contributed by atoms with Crippen LogP contribution in [0.4, 0.5) is 0 Å². The van der Waals surface area contributed by atoms with Crippen molar-refractivity contribution in [3.05, 3.63) is 113 Å². The zero-order valence-corrected chi connectivity index (χ0v) is 25.5. The molecule has 0 N–H and O–H groups in total. The van der Waals surface area contributed by atoms with E-state index >= 15 is 0 Å². The summed E-state index contributed by atoms with van der Waals surface area (Å²) in [5, 5.41) is 1.96. The van der Waals surface area contributed by atoms with E-state index in [1.807, 2.05) is 43.7 Å². The maximum atomic E-state index is 5.59. The first-order chi connectivity index (χ1) is 18.3. The Balaban J connectivity index is 0.000000186. The topological polar surface area (TPSA) is 51.8 Å². The van der Waals surface area contributed by atoms with Crippen molar-refractivity contribution >= 4 is 21.9 Å². The molecule has 4 heterocycles. The predicted molar refractivity (Wildman–Crippen MR) is 155 cm³/mol. The molecule has 0 atom stereocenters. The second-order valence-corrected chi connectivity index (χ2v) is 9.84. The number of aromatic nitrogens is 3. The number of aryl methyl sites for hydroxylation is 6. The van der Waals surface area contributed by atoms with Gasteiger partial charge in [0.2, 0.25) is 0 Å². The Labute approximate surface area is 243 Å². The van der Waals surface area contributed by atoms with Gasteiger partial charge in [-0.1, -0.05) is 72.5 Å². The Morgan fingerprint density at radius 1 is 0.795 bits per heavy atom. The van der Waals surface area contributed by atoms with E-state index < -0.39 is 0 Å². The second kappa shape index (κ2) is 12.0. The molecule has 39 heavy (non-hydrogen) atoms. The molecular weight excluding hydrogens is 659 g/mol. The summed E-state index contributed by atoms with van der Waals surface area (Å²) in [4.78, 5) is 13.6. The van der Waals surface area contributed by atoms with E-state index in [1.165, 1.54) is 27.8 Å². The number of pyridine rings is 3. The molecule has 4 nitrogen and oxygen atoms in total. The minimum absolute atomic E-state index is 0. The smallest absolute Gasteiger partial charge is 0.0847 e. The fourth-order valence-electron chi connectivity index (χ4n) is 4.36. The number of rotatable bonds is 3. The van der Waals surface area contributed by atoms with Gasteiger partial charge in [-0.05, 0) is 50.1 Å². The third-order valence-electron chi connectivity index (χ3n) is 7.00. The first kappa shape index (κ1) is 28.4. The summed E-state index contributed by atoms with van der Waals surface area (Å²) in [6, 6.07) is 21.2.